The Balaban J connectivity index is 2.93. The van der Waals surface area contributed by atoms with Crippen molar-refractivity contribution in [2.45, 2.75) is 25.7 Å². The molecule has 0 unspecified atom stereocenters. The molecule has 0 aromatic heterocycles. The summed E-state index contributed by atoms with van der Waals surface area (Å²) in [6.07, 6.45) is -4.61. The molecule has 0 heterocycles. The highest BCUT2D eigenvalue weighted by Crippen LogP contribution is 2.31. The van der Waals surface area contributed by atoms with Crippen LogP contribution >= 0.6 is 0 Å². The Morgan fingerprint density at radius 2 is 1.72 bits per heavy atom. The van der Waals surface area contributed by atoms with E-state index in [0.717, 1.165) is 12.1 Å². The maximum Gasteiger partial charge on any atom is 0.417 e. The Kier molecular flexibility index (Phi) is 3.98. The summed E-state index contributed by atoms with van der Waals surface area (Å²) in [6.45, 7) is 2.10. The highest BCUT2D eigenvalue weighted by Gasteiger charge is 2.35. The highest BCUT2D eigenvalue weighted by molar-refractivity contribution is 5.95. The summed E-state index contributed by atoms with van der Waals surface area (Å²) in [5.74, 6) is -0.936. The van der Waals surface area contributed by atoms with Crippen LogP contribution in [-0.4, -0.2) is 18.1 Å². The number of carbonyl (C=O) groups excluding carboxylic acids is 1. The van der Waals surface area contributed by atoms with Crippen molar-refractivity contribution in [2.24, 2.45) is 0 Å². The molecule has 0 atom stereocenters. The van der Waals surface area contributed by atoms with Gasteiger partial charge in [-0.3, -0.25) is 4.79 Å². The number of carbonyl (C=O) groups is 1. The summed E-state index contributed by atoms with van der Waals surface area (Å²) in [5.41, 5.74) is -3.21. The third-order valence-electron chi connectivity index (χ3n) is 2.15. The molecular formula is C12H13F4NO. The van der Waals surface area contributed by atoms with Crippen molar-refractivity contribution < 1.29 is 22.4 Å². The van der Waals surface area contributed by atoms with E-state index in [9.17, 15) is 22.4 Å². The van der Waals surface area contributed by atoms with Crippen LogP contribution in [0.2, 0.25) is 0 Å². The van der Waals surface area contributed by atoms with Gasteiger partial charge in [0.1, 0.15) is 5.67 Å². The minimum Gasteiger partial charge on any atom is -0.349 e. The van der Waals surface area contributed by atoms with Gasteiger partial charge in [0.2, 0.25) is 0 Å². The van der Waals surface area contributed by atoms with Crippen molar-refractivity contribution in [2.75, 3.05) is 6.54 Å². The van der Waals surface area contributed by atoms with Crippen LogP contribution in [0.3, 0.4) is 0 Å². The molecule has 0 aliphatic carbocycles. The molecule has 0 aliphatic heterocycles. The molecule has 0 aliphatic rings. The second-order valence-electron chi connectivity index (χ2n) is 4.44. The van der Waals surface area contributed by atoms with E-state index in [1.165, 1.54) is 26.0 Å². The van der Waals surface area contributed by atoms with E-state index >= 15 is 0 Å². The molecule has 1 aromatic carbocycles. The van der Waals surface area contributed by atoms with Gasteiger partial charge in [0, 0.05) is 0 Å². The molecule has 1 N–H and O–H groups in total. The maximum atomic E-state index is 13.2. The van der Waals surface area contributed by atoms with E-state index < -0.39 is 28.9 Å². The number of hydrogen-bond acceptors (Lipinski definition) is 1. The van der Waals surface area contributed by atoms with Crippen LogP contribution in [0.4, 0.5) is 17.6 Å². The molecule has 0 spiro atoms. The number of amides is 1. The van der Waals surface area contributed by atoms with Gasteiger partial charge >= 0.3 is 6.18 Å². The number of benzene rings is 1. The van der Waals surface area contributed by atoms with Crippen LogP contribution in [0.15, 0.2) is 24.3 Å². The quantitative estimate of drug-likeness (QED) is 0.834. The van der Waals surface area contributed by atoms with Crippen molar-refractivity contribution in [1.29, 1.82) is 0 Å². The second kappa shape index (κ2) is 4.96. The zero-order valence-electron chi connectivity index (χ0n) is 9.94. The van der Waals surface area contributed by atoms with Gasteiger partial charge < -0.3 is 5.32 Å². The summed E-state index contributed by atoms with van der Waals surface area (Å²) in [5, 5.41) is 2.14. The molecule has 1 amide bonds. The van der Waals surface area contributed by atoms with Crippen LogP contribution in [0.1, 0.15) is 29.8 Å². The number of nitrogens with one attached hydrogen (secondary N) is 1. The molecule has 6 heteroatoms. The van der Waals surface area contributed by atoms with Gasteiger partial charge in [-0.25, -0.2) is 4.39 Å². The van der Waals surface area contributed by atoms with Gasteiger partial charge in [-0.1, -0.05) is 12.1 Å². The minimum absolute atomic E-state index is 0.349. The van der Waals surface area contributed by atoms with Gasteiger partial charge in [-0.2, -0.15) is 13.2 Å². The molecule has 1 aromatic rings. The lowest BCUT2D eigenvalue weighted by Gasteiger charge is -2.16. The average Bonchev–Trinajstić information content (AvgIpc) is 2.24. The molecule has 100 valence electrons. The lowest BCUT2D eigenvalue weighted by Crippen LogP contribution is -2.36. The van der Waals surface area contributed by atoms with Gasteiger partial charge in [0.25, 0.3) is 5.91 Å². The standard InChI is InChI=1S/C12H13F4NO/c1-11(2,13)7-17-10(18)8-5-3-4-6-9(8)12(14,15)16/h3-6H,7H2,1-2H3,(H,17,18). The predicted octanol–water partition coefficient (Wildman–Crippen LogP) is 3.18. The lowest BCUT2D eigenvalue weighted by atomic mass is 10.1. The smallest absolute Gasteiger partial charge is 0.349 e. The summed E-state index contributed by atoms with van der Waals surface area (Å²) in [6, 6.07) is 4.39. The van der Waals surface area contributed by atoms with Gasteiger partial charge in [0.15, 0.2) is 0 Å². The van der Waals surface area contributed by atoms with Crippen molar-refractivity contribution in [3.63, 3.8) is 0 Å². The Bertz CT molecular complexity index is 434. The third-order valence-corrected chi connectivity index (χ3v) is 2.15. The number of alkyl halides is 4. The Morgan fingerprint density at radius 1 is 1.17 bits per heavy atom. The summed E-state index contributed by atoms with van der Waals surface area (Å²) in [4.78, 5) is 11.6. The first kappa shape index (κ1) is 14.5. The zero-order chi connectivity index (χ0) is 14.0. The molecule has 2 nitrogen and oxygen atoms in total. The number of hydrogen-bond donors (Lipinski definition) is 1. The van der Waals surface area contributed by atoms with Crippen LogP contribution in [0.5, 0.6) is 0 Å². The fourth-order valence-corrected chi connectivity index (χ4v) is 1.31. The molecular weight excluding hydrogens is 250 g/mol. The fraction of sp³-hybridized carbons (Fsp3) is 0.417. The molecule has 0 fully saturated rings. The molecule has 18 heavy (non-hydrogen) atoms. The van der Waals surface area contributed by atoms with Crippen molar-refractivity contribution in [3.8, 4) is 0 Å². The summed E-state index contributed by atoms with van der Waals surface area (Å²) >= 11 is 0. The first-order valence-corrected chi connectivity index (χ1v) is 5.24. The molecule has 0 radical (unpaired) electrons. The SMILES string of the molecule is CC(C)(F)CNC(=O)c1ccccc1C(F)(F)F. The van der Waals surface area contributed by atoms with Gasteiger partial charge in [-0.05, 0) is 26.0 Å². The summed E-state index contributed by atoms with van der Waals surface area (Å²) in [7, 11) is 0. The van der Waals surface area contributed by atoms with E-state index in [0.29, 0.717) is 0 Å². The van der Waals surface area contributed by atoms with Crippen molar-refractivity contribution in [3.05, 3.63) is 35.4 Å². The molecule has 1 rings (SSSR count). The first-order valence-electron chi connectivity index (χ1n) is 5.24. The fourth-order valence-electron chi connectivity index (χ4n) is 1.31. The van der Waals surface area contributed by atoms with Crippen LogP contribution in [-0.2, 0) is 6.18 Å². The zero-order valence-corrected chi connectivity index (χ0v) is 9.94. The lowest BCUT2D eigenvalue weighted by molar-refractivity contribution is -0.137. The van der Waals surface area contributed by atoms with E-state index in [1.807, 2.05) is 0 Å². The maximum absolute atomic E-state index is 13.2. The minimum atomic E-state index is -4.61. The van der Waals surface area contributed by atoms with Gasteiger partial charge in [-0.15, -0.1) is 0 Å². The van der Waals surface area contributed by atoms with E-state index in [-0.39, 0.29) is 6.54 Å². The Morgan fingerprint density at radius 3 is 2.22 bits per heavy atom. The van der Waals surface area contributed by atoms with Crippen molar-refractivity contribution >= 4 is 5.91 Å². The number of halogens is 4. The normalized spacial score (nSPS) is 12.3. The largest absolute Gasteiger partial charge is 0.417 e. The Labute approximate surface area is 102 Å². The molecule has 0 saturated carbocycles. The first-order chi connectivity index (χ1) is 8.11. The van der Waals surface area contributed by atoms with Crippen LogP contribution < -0.4 is 5.32 Å². The second-order valence-corrected chi connectivity index (χ2v) is 4.44. The highest BCUT2D eigenvalue weighted by atomic mass is 19.4. The van der Waals surface area contributed by atoms with Gasteiger partial charge in [0.05, 0.1) is 17.7 Å². The van der Waals surface area contributed by atoms with E-state index in [1.54, 1.807) is 0 Å². The van der Waals surface area contributed by atoms with Crippen LogP contribution in [0.25, 0.3) is 0 Å². The topological polar surface area (TPSA) is 29.1 Å². The number of rotatable bonds is 3. The van der Waals surface area contributed by atoms with Crippen molar-refractivity contribution in [1.82, 2.24) is 5.32 Å². The van der Waals surface area contributed by atoms with E-state index in [2.05, 4.69) is 5.32 Å². The van der Waals surface area contributed by atoms with Crippen LogP contribution in [0, 0.1) is 0 Å². The third kappa shape index (κ3) is 4.01. The average molecular weight is 263 g/mol. The Hall–Kier alpha value is -1.59. The monoisotopic (exact) mass is 263 g/mol. The molecule has 0 bridgehead atoms. The summed E-state index contributed by atoms with van der Waals surface area (Å²) < 4.78 is 51.0. The van der Waals surface area contributed by atoms with E-state index in [4.69, 9.17) is 0 Å². The molecule has 0 saturated heterocycles. The predicted molar refractivity (Wildman–Crippen MR) is 59.0 cm³/mol.